The van der Waals surface area contributed by atoms with Crippen molar-refractivity contribution < 1.29 is 14.3 Å². The Balaban J connectivity index is 2.22. The van der Waals surface area contributed by atoms with Crippen LogP contribution in [0, 0.1) is 5.92 Å². The van der Waals surface area contributed by atoms with E-state index < -0.39 is 6.16 Å². The van der Waals surface area contributed by atoms with Gasteiger partial charge in [0, 0.05) is 0 Å². The molecule has 0 saturated heterocycles. The van der Waals surface area contributed by atoms with Crippen LogP contribution in [-0.4, -0.2) is 18.4 Å². The second-order valence-electron chi connectivity index (χ2n) is 4.69. The highest BCUT2D eigenvalue weighted by Crippen LogP contribution is 2.21. The van der Waals surface area contributed by atoms with Gasteiger partial charge >= 0.3 is 6.16 Å². The van der Waals surface area contributed by atoms with Gasteiger partial charge in [-0.15, -0.1) is 0 Å². The van der Waals surface area contributed by atoms with Gasteiger partial charge in [-0.05, 0) is 38.5 Å². The minimum atomic E-state index is -0.497. The Hall–Kier alpha value is -0.730. The third-order valence-corrected chi connectivity index (χ3v) is 3.04. The quantitative estimate of drug-likeness (QED) is 0.674. The summed E-state index contributed by atoms with van der Waals surface area (Å²) in [7, 11) is 0. The van der Waals surface area contributed by atoms with E-state index in [-0.39, 0.29) is 12.2 Å². The topological polar surface area (TPSA) is 35.5 Å². The molecule has 0 unspecified atom stereocenters. The molecule has 1 saturated carbocycles. The van der Waals surface area contributed by atoms with E-state index in [0.29, 0.717) is 5.92 Å². The average molecular weight is 214 g/mol. The first-order valence-electron chi connectivity index (χ1n) is 5.97. The second kappa shape index (κ2) is 5.99. The van der Waals surface area contributed by atoms with Crippen LogP contribution in [0.3, 0.4) is 0 Å². The van der Waals surface area contributed by atoms with Crippen molar-refractivity contribution >= 4 is 6.16 Å². The van der Waals surface area contributed by atoms with E-state index in [1.807, 2.05) is 20.8 Å². The SMILES string of the molecule is CC(C)[C@@H](C)OC(=O)OC1CCCCC1. The van der Waals surface area contributed by atoms with E-state index in [0.717, 1.165) is 25.7 Å². The molecule has 0 aromatic rings. The van der Waals surface area contributed by atoms with Crippen LogP contribution in [0.15, 0.2) is 0 Å². The van der Waals surface area contributed by atoms with Crippen LogP contribution < -0.4 is 0 Å². The molecule has 0 N–H and O–H groups in total. The molecule has 0 spiro atoms. The second-order valence-corrected chi connectivity index (χ2v) is 4.69. The highest BCUT2D eigenvalue weighted by atomic mass is 16.7. The Morgan fingerprint density at radius 2 is 1.73 bits per heavy atom. The van der Waals surface area contributed by atoms with E-state index in [1.165, 1.54) is 6.42 Å². The molecule has 1 fully saturated rings. The molecule has 88 valence electrons. The maximum Gasteiger partial charge on any atom is 0.508 e. The molecule has 0 amide bonds. The molecule has 0 aromatic heterocycles. The lowest BCUT2D eigenvalue weighted by molar-refractivity contribution is -0.0167. The smallest absolute Gasteiger partial charge is 0.431 e. The van der Waals surface area contributed by atoms with Crippen molar-refractivity contribution in [3.8, 4) is 0 Å². The maximum atomic E-state index is 11.4. The lowest BCUT2D eigenvalue weighted by Gasteiger charge is -2.23. The van der Waals surface area contributed by atoms with Crippen molar-refractivity contribution in [1.29, 1.82) is 0 Å². The van der Waals surface area contributed by atoms with Crippen molar-refractivity contribution in [1.82, 2.24) is 0 Å². The van der Waals surface area contributed by atoms with Gasteiger partial charge in [-0.3, -0.25) is 0 Å². The Kier molecular flexibility index (Phi) is 4.92. The zero-order valence-electron chi connectivity index (χ0n) is 9.99. The zero-order chi connectivity index (χ0) is 11.3. The summed E-state index contributed by atoms with van der Waals surface area (Å²) in [6, 6.07) is 0. The summed E-state index contributed by atoms with van der Waals surface area (Å²) in [5, 5.41) is 0. The van der Waals surface area contributed by atoms with Gasteiger partial charge in [-0.2, -0.15) is 0 Å². The summed E-state index contributed by atoms with van der Waals surface area (Å²) >= 11 is 0. The first kappa shape index (κ1) is 12.3. The van der Waals surface area contributed by atoms with Crippen LogP contribution in [0.2, 0.25) is 0 Å². The molecule has 1 aliphatic carbocycles. The van der Waals surface area contributed by atoms with Crippen LogP contribution in [-0.2, 0) is 9.47 Å². The number of hydrogen-bond donors (Lipinski definition) is 0. The average Bonchev–Trinajstić information content (AvgIpc) is 2.18. The molecular formula is C12H22O3. The fraction of sp³-hybridized carbons (Fsp3) is 0.917. The van der Waals surface area contributed by atoms with Crippen molar-refractivity contribution in [3.05, 3.63) is 0 Å². The maximum absolute atomic E-state index is 11.4. The van der Waals surface area contributed by atoms with Gasteiger partial charge in [0.15, 0.2) is 0 Å². The predicted molar refractivity (Wildman–Crippen MR) is 58.7 cm³/mol. The van der Waals surface area contributed by atoms with Gasteiger partial charge < -0.3 is 9.47 Å². The largest absolute Gasteiger partial charge is 0.508 e. The van der Waals surface area contributed by atoms with E-state index in [1.54, 1.807) is 0 Å². The Labute approximate surface area is 92.1 Å². The standard InChI is InChI=1S/C12H22O3/c1-9(2)10(3)14-12(13)15-11-7-5-4-6-8-11/h9-11H,4-8H2,1-3H3/t10-/m1/s1. The van der Waals surface area contributed by atoms with Gasteiger partial charge in [-0.25, -0.2) is 4.79 Å². The van der Waals surface area contributed by atoms with Crippen molar-refractivity contribution in [3.63, 3.8) is 0 Å². The van der Waals surface area contributed by atoms with Gasteiger partial charge in [0.25, 0.3) is 0 Å². The highest BCUT2D eigenvalue weighted by molar-refractivity contribution is 5.60. The molecule has 0 bridgehead atoms. The summed E-state index contributed by atoms with van der Waals surface area (Å²) in [4.78, 5) is 11.4. The lowest BCUT2D eigenvalue weighted by Crippen LogP contribution is -2.26. The fourth-order valence-corrected chi connectivity index (χ4v) is 1.63. The van der Waals surface area contributed by atoms with Gasteiger partial charge in [0.1, 0.15) is 12.2 Å². The molecule has 0 aromatic carbocycles. The minimum absolute atomic E-state index is 0.0684. The number of rotatable bonds is 3. The van der Waals surface area contributed by atoms with Crippen LogP contribution in [0.25, 0.3) is 0 Å². The van der Waals surface area contributed by atoms with Gasteiger partial charge in [0.05, 0.1) is 0 Å². The monoisotopic (exact) mass is 214 g/mol. The molecule has 1 rings (SSSR count). The summed E-state index contributed by atoms with van der Waals surface area (Å²) in [6.07, 6.45) is 5.10. The summed E-state index contributed by atoms with van der Waals surface area (Å²) in [5.74, 6) is 0.337. The van der Waals surface area contributed by atoms with Gasteiger partial charge in [0.2, 0.25) is 0 Å². The van der Waals surface area contributed by atoms with E-state index in [4.69, 9.17) is 9.47 Å². The zero-order valence-corrected chi connectivity index (χ0v) is 9.99. The summed E-state index contributed by atoms with van der Waals surface area (Å²) in [5.41, 5.74) is 0. The van der Waals surface area contributed by atoms with Crippen molar-refractivity contribution in [2.45, 2.75) is 65.1 Å². The molecule has 1 aliphatic rings. The molecule has 0 radical (unpaired) electrons. The van der Waals surface area contributed by atoms with Crippen molar-refractivity contribution in [2.75, 3.05) is 0 Å². The van der Waals surface area contributed by atoms with Crippen LogP contribution in [0.1, 0.15) is 52.9 Å². The number of hydrogen-bond acceptors (Lipinski definition) is 3. The Morgan fingerprint density at radius 1 is 1.13 bits per heavy atom. The third-order valence-electron chi connectivity index (χ3n) is 3.04. The van der Waals surface area contributed by atoms with Crippen LogP contribution in [0.4, 0.5) is 4.79 Å². The van der Waals surface area contributed by atoms with E-state index in [2.05, 4.69) is 0 Å². The molecule has 0 aliphatic heterocycles. The Morgan fingerprint density at radius 3 is 2.27 bits per heavy atom. The molecule has 3 nitrogen and oxygen atoms in total. The molecule has 0 heterocycles. The highest BCUT2D eigenvalue weighted by Gasteiger charge is 2.20. The molecule has 3 heteroatoms. The third kappa shape index (κ3) is 4.54. The van der Waals surface area contributed by atoms with Crippen LogP contribution in [0.5, 0.6) is 0 Å². The summed E-state index contributed by atoms with van der Waals surface area (Å²) in [6.45, 7) is 5.95. The van der Waals surface area contributed by atoms with Gasteiger partial charge in [-0.1, -0.05) is 20.3 Å². The molecule has 1 atom stereocenters. The molecular weight excluding hydrogens is 192 g/mol. The van der Waals surface area contributed by atoms with E-state index >= 15 is 0 Å². The Bertz CT molecular complexity index is 195. The van der Waals surface area contributed by atoms with Crippen LogP contribution >= 0.6 is 0 Å². The number of ether oxygens (including phenoxy) is 2. The normalized spacial score (nSPS) is 20.0. The lowest BCUT2D eigenvalue weighted by atomic mass is 9.98. The summed E-state index contributed by atoms with van der Waals surface area (Å²) < 4.78 is 10.4. The fourth-order valence-electron chi connectivity index (χ4n) is 1.63. The molecule has 15 heavy (non-hydrogen) atoms. The first-order chi connectivity index (χ1) is 7.09. The van der Waals surface area contributed by atoms with Crippen molar-refractivity contribution in [2.24, 2.45) is 5.92 Å². The first-order valence-corrected chi connectivity index (χ1v) is 5.97. The number of carbonyl (C=O) groups is 1. The predicted octanol–water partition coefficient (Wildman–Crippen LogP) is 3.52. The number of carbonyl (C=O) groups excluding carboxylic acids is 1. The van der Waals surface area contributed by atoms with E-state index in [9.17, 15) is 4.79 Å². The minimum Gasteiger partial charge on any atom is -0.431 e.